The molecule has 0 radical (unpaired) electrons. The maximum atomic E-state index is 12.2. The Bertz CT molecular complexity index is 721. The first-order valence-electron chi connectivity index (χ1n) is 7.64. The lowest BCUT2D eigenvalue weighted by atomic mass is 9.90. The van der Waals surface area contributed by atoms with Gasteiger partial charge < -0.3 is 26.6 Å². The minimum atomic E-state index is -1.62. The van der Waals surface area contributed by atoms with Crippen molar-refractivity contribution in [2.75, 3.05) is 5.32 Å². The molecule has 2 amide bonds. The summed E-state index contributed by atoms with van der Waals surface area (Å²) in [5.74, 6) is -4.25. The van der Waals surface area contributed by atoms with Crippen LogP contribution in [0.15, 0.2) is 24.3 Å². The van der Waals surface area contributed by atoms with Gasteiger partial charge in [0.05, 0.1) is 5.92 Å². The number of carbonyl (C=O) groups excluding carboxylic acids is 1. The molecule has 0 aliphatic heterocycles. The van der Waals surface area contributed by atoms with Crippen LogP contribution in [-0.2, 0) is 9.59 Å². The van der Waals surface area contributed by atoms with Gasteiger partial charge >= 0.3 is 18.0 Å². The van der Waals surface area contributed by atoms with Crippen molar-refractivity contribution in [1.29, 1.82) is 0 Å². The molecule has 0 aromatic heterocycles. The van der Waals surface area contributed by atoms with E-state index in [0.717, 1.165) is 5.56 Å². The molecule has 2 fully saturated rings. The van der Waals surface area contributed by atoms with Gasteiger partial charge in [0.1, 0.15) is 5.54 Å². The molecule has 1 unspecified atom stereocenters. The highest BCUT2D eigenvalue weighted by molar-refractivity contribution is 5.91. The number of hydrogen-bond donors (Lipinski definition) is 5. The molecule has 0 spiro atoms. The second-order valence-electron chi connectivity index (χ2n) is 6.54. The number of anilines is 1. The first-order valence-corrected chi connectivity index (χ1v) is 7.64. The summed E-state index contributed by atoms with van der Waals surface area (Å²) in [7, 11) is 0. The van der Waals surface area contributed by atoms with E-state index in [4.69, 9.17) is 5.73 Å². The van der Waals surface area contributed by atoms with Gasteiger partial charge in [-0.2, -0.15) is 0 Å². The quantitative estimate of drug-likeness (QED) is 0.547. The molecule has 1 aromatic rings. The van der Waals surface area contributed by atoms with Crippen molar-refractivity contribution in [3.63, 3.8) is 0 Å². The van der Waals surface area contributed by atoms with Gasteiger partial charge in [-0.15, -0.1) is 0 Å². The van der Waals surface area contributed by atoms with E-state index >= 15 is 0 Å². The van der Waals surface area contributed by atoms with Crippen LogP contribution in [0.5, 0.6) is 0 Å². The number of carboxylic acids is 2. The zero-order chi connectivity index (χ0) is 17.6. The normalized spacial score (nSPS) is 33.4. The highest BCUT2D eigenvalue weighted by Crippen LogP contribution is 2.61. The van der Waals surface area contributed by atoms with E-state index in [1.54, 1.807) is 12.1 Å². The fraction of sp³-hybridized carbons (Fsp3) is 0.438. The number of aryl methyl sites for hydroxylation is 1. The van der Waals surface area contributed by atoms with E-state index in [-0.39, 0.29) is 6.42 Å². The molecule has 3 rings (SSSR count). The van der Waals surface area contributed by atoms with Gasteiger partial charge in [0.2, 0.25) is 0 Å². The van der Waals surface area contributed by atoms with Gasteiger partial charge in [-0.25, -0.2) is 4.79 Å². The Morgan fingerprint density at radius 1 is 1.25 bits per heavy atom. The summed E-state index contributed by atoms with van der Waals surface area (Å²) < 4.78 is 0. The largest absolute Gasteiger partial charge is 0.481 e. The Labute approximate surface area is 138 Å². The van der Waals surface area contributed by atoms with Crippen molar-refractivity contribution in [3.05, 3.63) is 29.8 Å². The minimum absolute atomic E-state index is 0.0165. The van der Waals surface area contributed by atoms with Gasteiger partial charge in [0, 0.05) is 17.6 Å². The van der Waals surface area contributed by atoms with Crippen LogP contribution in [0.2, 0.25) is 0 Å². The van der Waals surface area contributed by atoms with Crippen LogP contribution in [0, 0.1) is 24.7 Å². The SMILES string of the molecule is Cc1ccccc1NC(=O)N[C@H]1C[C@@](N)(C(=O)O)C2[C@@H]1[C@@H]2C(=O)O. The van der Waals surface area contributed by atoms with Crippen LogP contribution in [0.25, 0.3) is 0 Å². The molecule has 5 atom stereocenters. The standard InChI is InChI=1S/C16H19N3O5/c1-7-4-2-3-5-8(7)18-15(24)19-9-6-16(17,14(22)23)12-10(9)11(12)13(20)21/h2-5,9-12H,6,17H2,1H3,(H,20,21)(H,22,23)(H2,18,19,24)/t9-,10-,11-,12?,16-/m0/s1. The lowest BCUT2D eigenvalue weighted by Gasteiger charge is -2.25. The average Bonchev–Trinajstić information content (AvgIpc) is 3.18. The van der Waals surface area contributed by atoms with Crippen LogP contribution in [0.3, 0.4) is 0 Å². The molecule has 8 nitrogen and oxygen atoms in total. The Morgan fingerprint density at radius 3 is 2.50 bits per heavy atom. The second kappa shape index (κ2) is 5.48. The highest BCUT2D eigenvalue weighted by Gasteiger charge is 2.74. The number of para-hydroxylation sites is 1. The topological polar surface area (TPSA) is 142 Å². The number of benzene rings is 1. The summed E-state index contributed by atoms with van der Waals surface area (Å²) in [5, 5.41) is 23.9. The van der Waals surface area contributed by atoms with E-state index in [9.17, 15) is 24.6 Å². The predicted molar refractivity (Wildman–Crippen MR) is 84.4 cm³/mol. The smallest absolute Gasteiger partial charge is 0.324 e. The number of carboxylic acid groups (broad SMARTS) is 2. The monoisotopic (exact) mass is 333 g/mol. The number of nitrogens with one attached hydrogen (secondary N) is 2. The van der Waals surface area contributed by atoms with Gasteiger partial charge in [-0.1, -0.05) is 18.2 Å². The van der Waals surface area contributed by atoms with E-state index in [1.807, 2.05) is 19.1 Å². The van der Waals surface area contributed by atoms with Crippen molar-refractivity contribution in [3.8, 4) is 0 Å². The van der Waals surface area contributed by atoms with Crippen LogP contribution in [0.1, 0.15) is 12.0 Å². The number of carbonyl (C=O) groups is 3. The Kier molecular flexibility index (Phi) is 3.71. The number of nitrogens with two attached hydrogens (primary N) is 1. The summed E-state index contributed by atoms with van der Waals surface area (Å²) in [6.45, 7) is 1.85. The lowest BCUT2D eigenvalue weighted by Crippen LogP contribution is -2.52. The van der Waals surface area contributed by atoms with Gasteiger partial charge in [-0.3, -0.25) is 9.59 Å². The number of aliphatic carboxylic acids is 2. The third kappa shape index (κ3) is 2.48. The Morgan fingerprint density at radius 2 is 1.92 bits per heavy atom. The molecular formula is C16H19N3O5. The van der Waals surface area contributed by atoms with Gasteiger partial charge in [0.25, 0.3) is 0 Å². The average molecular weight is 333 g/mol. The molecule has 6 N–H and O–H groups in total. The number of rotatable bonds is 4. The van der Waals surface area contributed by atoms with Crippen molar-refractivity contribution in [2.24, 2.45) is 23.5 Å². The number of urea groups is 1. The predicted octanol–water partition coefficient (Wildman–Crippen LogP) is 0.618. The number of hydrogen-bond acceptors (Lipinski definition) is 4. The lowest BCUT2D eigenvalue weighted by molar-refractivity contribution is -0.145. The number of amides is 2. The maximum absolute atomic E-state index is 12.2. The fourth-order valence-electron chi connectivity index (χ4n) is 3.87. The van der Waals surface area contributed by atoms with Crippen molar-refractivity contribution in [2.45, 2.75) is 24.9 Å². The minimum Gasteiger partial charge on any atom is -0.481 e. The summed E-state index contributed by atoms with van der Waals surface area (Å²) in [6.07, 6.45) is 0.0165. The molecule has 2 aliphatic rings. The van der Waals surface area contributed by atoms with E-state index in [2.05, 4.69) is 10.6 Å². The molecule has 0 saturated heterocycles. The van der Waals surface area contributed by atoms with Crippen LogP contribution in [0.4, 0.5) is 10.5 Å². The summed E-state index contributed by atoms with van der Waals surface area (Å²) in [6, 6.07) is 6.13. The van der Waals surface area contributed by atoms with Gasteiger partial charge in [0.15, 0.2) is 0 Å². The van der Waals surface area contributed by atoms with E-state index in [0.29, 0.717) is 5.69 Å². The molecule has 2 saturated carbocycles. The zero-order valence-electron chi connectivity index (χ0n) is 13.0. The molecular weight excluding hydrogens is 314 g/mol. The molecule has 24 heavy (non-hydrogen) atoms. The van der Waals surface area contributed by atoms with Crippen LogP contribution < -0.4 is 16.4 Å². The highest BCUT2D eigenvalue weighted by atomic mass is 16.4. The number of fused-ring (bicyclic) bond motifs is 1. The second-order valence-corrected chi connectivity index (χ2v) is 6.54. The first kappa shape index (κ1) is 16.3. The first-order chi connectivity index (χ1) is 11.3. The summed E-state index contributed by atoms with van der Waals surface area (Å²) in [5.41, 5.74) is 5.82. The molecule has 0 bridgehead atoms. The fourth-order valence-corrected chi connectivity index (χ4v) is 3.87. The van der Waals surface area contributed by atoms with Gasteiger partial charge in [-0.05, 0) is 30.9 Å². The Balaban J connectivity index is 1.71. The third-order valence-corrected chi connectivity index (χ3v) is 5.09. The van der Waals surface area contributed by atoms with Crippen molar-refractivity contribution < 1.29 is 24.6 Å². The summed E-state index contributed by atoms with van der Waals surface area (Å²) >= 11 is 0. The zero-order valence-corrected chi connectivity index (χ0v) is 13.0. The van der Waals surface area contributed by atoms with Crippen molar-refractivity contribution >= 4 is 23.7 Å². The maximum Gasteiger partial charge on any atom is 0.324 e. The van der Waals surface area contributed by atoms with Crippen LogP contribution >= 0.6 is 0 Å². The van der Waals surface area contributed by atoms with E-state index in [1.165, 1.54) is 0 Å². The molecule has 128 valence electrons. The molecule has 1 aromatic carbocycles. The molecule has 0 heterocycles. The van der Waals surface area contributed by atoms with E-state index < -0.39 is 47.3 Å². The van der Waals surface area contributed by atoms with Crippen LogP contribution in [-0.4, -0.2) is 39.8 Å². The molecule has 2 aliphatic carbocycles. The Hall–Kier alpha value is -2.61. The summed E-state index contributed by atoms with van der Waals surface area (Å²) in [4.78, 5) is 34.9. The van der Waals surface area contributed by atoms with Crippen molar-refractivity contribution in [1.82, 2.24) is 5.32 Å². The molecule has 8 heteroatoms. The third-order valence-electron chi connectivity index (χ3n) is 5.09.